The van der Waals surface area contributed by atoms with E-state index >= 15 is 0 Å². The van der Waals surface area contributed by atoms with E-state index in [4.69, 9.17) is 0 Å². The van der Waals surface area contributed by atoms with E-state index in [9.17, 15) is 4.79 Å². The van der Waals surface area contributed by atoms with E-state index in [1.165, 1.54) is 0 Å². The Balaban J connectivity index is 0.00000161. The van der Waals surface area contributed by atoms with Gasteiger partial charge in [-0.25, -0.2) is 4.98 Å². The monoisotopic (exact) mass is 306 g/mol. The predicted molar refractivity (Wildman–Crippen MR) is 85.0 cm³/mol. The van der Waals surface area contributed by atoms with Crippen molar-refractivity contribution in [2.75, 3.05) is 31.1 Å². The Kier molecular flexibility index (Phi) is 4.85. The zero-order chi connectivity index (χ0) is 13.9. The van der Waals surface area contributed by atoms with Crippen LogP contribution in [0.15, 0.2) is 42.7 Å². The highest BCUT2D eigenvalue weighted by Gasteiger charge is 2.23. The van der Waals surface area contributed by atoms with Gasteiger partial charge in [0.15, 0.2) is 0 Å². The number of carbonyl (C=O) groups is 1. The Morgan fingerprint density at radius 1 is 1.10 bits per heavy atom. The minimum absolute atomic E-state index is 0. The fourth-order valence-corrected chi connectivity index (χ4v) is 2.54. The largest absolute Gasteiger partial charge is 0.339 e. The Bertz CT molecular complexity index is 591. The molecule has 0 spiro atoms. The quantitative estimate of drug-likeness (QED) is 0.849. The molecule has 21 heavy (non-hydrogen) atoms. The van der Waals surface area contributed by atoms with Crippen LogP contribution in [0.25, 0.3) is 0 Å². The van der Waals surface area contributed by atoms with Gasteiger partial charge in [-0.05, 0) is 12.1 Å². The molecule has 0 aliphatic carbocycles. The summed E-state index contributed by atoms with van der Waals surface area (Å²) in [5.74, 6) is 1.09. The van der Waals surface area contributed by atoms with Gasteiger partial charge in [0, 0.05) is 51.2 Å². The summed E-state index contributed by atoms with van der Waals surface area (Å²) < 4.78 is 2.01. The maximum absolute atomic E-state index is 12.3. The van der Waals surface area contributed by atoms with Crippen molar-refractivity contribution in [2.45, 2.75) is 0 Å². The third-order valence-corrected chi connectivity index (χ3v) is 3.67. The SMILES string of the molecule is Cl.Cn1ccnc1N1CCN(C(=O)c2ccccc2)CC1. The molecule has 0 N–H and O–H groups in total. The average molecular weight is 307 g/mol. The molecule has 0 bridgehead atoms. The lowest BCUT2D eigenvalue weighted by Crippen LogP contribution is -2.49. The molecule has 6 heteroatoms. The topological polar surface area (TPSA) is 41.4 Å². The van der Waals surface area contributed by atoms with Crippen LogP contribution >= 0.6 is 12.4 Å². The molecule has 112 valence electrons. The molecule has 2 aromatic rings. The van der Waals surface area contributed by atoms with E-state index < -0.39 is 0 Å². The molecule has 1 fully saturated rings. The van der Waals surface area contributed by atoms with E-state index in [0.717, 1.165) is 37.7 Å². The summed E-state index contributed by atoms with van der Waals surface area (Å²) in [6.45, 7) is 3.12. The van der Waals surface area contributed by atoms with Crippen LogP contribution in [0.3, 0.4) is 0 Å². The van der Waals surface area contributed by atoms with Crippen LogP contribution in [0, 0.1) is 0 Å². The normalized spacial score (nSPS) is 14.7. The number of hydrogen-bond acceptors (Lipinski definition) is 3. The Hall–Kier alpha value is -2.01. The van der Waals surface area contributed by atoms with Gasteiger partial charge in [-0.3, -0.25) is 4.79 Å². The van der Waals surface area contributed by atoms with Crippen molar-refractivity contribution in [3.63, 3.8) is 0 Å². The molecule has 1 aliphatic heterocycles. The van der Waals surface area contributed by atoms with Gasteiger partial charge in [0.2, 0.25) is 5.95 Å². The minimum Gasteiger partial charge on any atom is -0.339 e. The number of rotatable bonds is 2. The number of hydrogen-bond donors (Lipinski definition) is 0. The first-order valence-electron chi connectivity index (χ1n) is 6.82. The number of aromatic nitrogens is 2. The fraction of sp³-hybridized carbons (Fsp3) is 0.333. The van der Waals surface area contributed by atoms with Crippen molar-refractivity contribution in [1.29, 1.82) is 0 Å². The summed E-state index contributed by atoms with van der Waals surface area (Å²) >= 11 is 0. The van der Waals surface area contributed by atoms with Crippen LogP contribution in [0.5, 0.6) is 0 Å². The van der Waals surface area contributed by atoms with Crippen LogP contribution in [-0.2, 0) is 7.05 Å². The number of piperazine rings is 1. The van der Waals surface area contributed by atoms with Crippen molar-refractivity contribution in [1.82, 2.24) is 14.5 Å². The molecule has 3 rings (SSSR count). The Labute approximate surface area is 130 Å². The van der Waals surface area contributed by atoms with Crippen molar-refractivity contribution in [3.8, 4) is 0 Å². The van der Waals surface area contributed by atoms with Crippen LogP contribution in [0.1, 0.15) is 10.4 Å². The summed E-state index contributed by atoms with van der Waals surface area (Å²) in [6.07, 6.45) is 3.74. The molecular weight excluding hydrogens is 288 g/mol. The molecule has 1 aromatic carbocycles. The number of halogens is 1. The highest BCUT2D eigenvalue weighted by Crippen LogP contribution is 2.14. The highest BCUT2D eigenvalue weighted by atomic mass is 35.5. The third-order valence-electron chi connectivity index (χ3n) is 3.67. The molecular formula is C15H19ClN4O. The molecule has 1 aromatic heterocycles. The second kappa shape index (κ2) is 6.63. The average Bonchev–Trinajstić information content (AvgIpc) is 2.94. The van der Waals surface area contributed by atoms with E-state index in [1.807, 2.05) is 53.0 Å². The standard InChI is InChI=1S/C15H18N4O.ClH/c1-17-8-7-16-15(17)19-11-9-18(10-12-19)14(20)13-5-3-2-4-6-13;/h2-8H,9-12H2,1H3;1H. The van der Waals surface area contributed by atoms with Gasteiger partial charge >= 0.3 is 0 Å². The summed E-state index contributed by atoms with van der Waals surface area (Å²) in [5, 5.41) is 0. The molecule has 1 aliphatic rings. The minimum atomic E-state index is 0. The summed E-state index contributed by atoms with van der Waals surface area (Å²) in [5.41, 5.74) is 0.762. The predicted octanol–water partition coefficient (Wildman–Crippen LogP) is 1.80. The van der Waals surface area contributed by atoms with Crippen LogP contribution < -0.4 is 4.90 Å². The first kappa shape index (κ1) is 15.4. The molecule has 1 amide bonds. The molecule has 2 heterocycles. The summed E-state index contributed by atoms with van der Waals surface area (Å²) in [6, 6.07) is 9.46. The van der Waals surface area contributed by atoms with Crippen LogP contribution in [0.4, 0.5) is 5.95 Å². The van der Waals surface area contributed by atoms with Crippen molar-refractivity contribution in [2.24, 2.45) is 7.05 Å². The zero-order valence-corrected chi connectivity index (χ0v) is 12.8. The van der Waals surface area contributed by atoms with Crippen molar-refractivity contribution < 1.29 is 4.79 Å². The lowest BCUT2D eigenvalue weighted by atomic mass is 10.2. The number of carbonyl (C=O) groups excluding carboxylic acids is 1. The van der Waals surface area contributed by atoms with Gasteiger partial charge in [-0.2, -0.15) is 0 Å². The van der Waals surface area contributed by atoms with Crippen molar-refractivity contribution >= 4 is 24.3 Å². The van der Waals surface area contributed by atoms with Crippen LogP contribution in [-0.4, -0.2) is 46.5 Å². The van der Waals surface area contributed by atoms with Gasteiger partial charge in [0.1, 0.15) is 0 Å². The van der Waals surface area contributed by atoms with E-state index in [-0.39, 0.29) is 18.3 Å². The molecule has 5 nitrogen and oxygen atoms in total. The Morgan fingerprint density at radius 3 is 2.33 bits per heavy atom. The molecule has 0 saturated carbocycles. The second-order valence-corrected chi connectivity index (χ2v) is 4.98. The smallest absolute Gasteiger partial charge is 0.253 e. The lowest BCUT2D eigenvalue weighted by Gasteiger charge is -2.35. The molecule has 1 saturated heterocycles. The zero-order valence-electron chi connectivity index (χ0n) is 12.0. The van der Waals surface area contributed by atoms with Gasteiger partial charge in [0.05, 0.1) is 0 Å². The maximum atomic E-state index is 12.3. The summed E-state index contributed by atoms with van der Waals surface area (Å²) in [4.78, 5) is 20.8. The number of aryl methyl sites for hydroxylation is 1. The number of anilines is 1. The number of benzene rings is 1. The number of imidazole rings is 1. The lowest BCUT2D eigenvalue weighted by molar-refractivity contribution is 0.0746. The summed E-state index contributed by atoms with van der Waals surface area (Å²) in [7, 11) is 1.99. The Morgan fingerprint density at radius 2 is 1.76 bits per heavy atom. The first-order valence-corrected chi connectivity index (χ1v) is 6.82. The molecule has 0 atom stereocenters. The number of amides is 1. The molecule has 0 unspecified atom stereocenters. The van der Waals surface area contributed by atoms with Gasteiger partial charge in [-0.1, -0.05) is 18.2 Å². The van der Waals surface area contributed by atoms with E-state index in [2.05, 4.69) is 9.88 Å². The highest BCUT2D eigenvalue weighted by molar-refractivity contribution is 5.94. The van der Waals surface area contributed by atoms with Crippen molar-refractivity contribution in [3.05, 3.63) is 48.3 Å². The van der Waals surface area contributed by atoms with Gasteiger partial charge in [-0.15, -0.1) is 12.4 Å². The molecule has 0 radical (unpaired) electrons. The third kappa shape index (κ3) is 3.19. The van der Waals surface area contributed by atoms with Crippen LogP contribution in [0.2, 0.25) is 0 Å². The van der Waals surface area contributed by atoms with Gasteiger partial charge in [0.25, 0.3) is 5.91 Å². The maximum Gasteiger partial charge on any atom is 0.253 e. The fourth-order valence-electron chi connectivity index (χ4n) is 2.54. The first-order chi connectivity index (χ1) is 9.75. The second-order valence-electron chi connectivity index (χ2n) is 4.98. The van der Waals surface area contributed by atoms with Gasteiger partial charge < -0.3 is 14.4 Å². The number of nitrogens with zero attached hydrogens (tertiary/aromatic N) is 4. The van der Waals surface area contributed by atoms with E-state index in [0.29, 0.717) is 0 Å². The van der Waals surface area contributed by atoms with E-state index in [1.54, 1.807) is 6.20 Å².